The first kappa shape index (κ1) is 8.67. The van der Waals surface area contributed by atoms with Crippen LogP contribution >= 0.6 is 0 Å². The highest BCUT2D eigenvalue weighted by Crippen LogP contribution is 2.28. The van der Waals surface area contributed by atoms with Crippen molar-refractivity contribution in [3.63, 3.8) is 0 Å². The van der Waals surface area contributed by atoms with Crippen LogP contribution in [0.3, 0.4) is 0 Å². The summed E-state index contributed by atoms with van der Waals surface area (Å²) in [5.41, 5.74) is 0.473. The Balaban J connectivity index is 4.40. The van der Waals surface area contributed by atoms with Crippen LogP contribution < -0.4 is 0 Å². The molecule has 0 saturated carbocycles. The Bertz CT molecular complexity index is 122. The molecule has 0 aromatic rings. The third-order valence-corrected chi connectivity index (χ3v) is 1.10. The largest absolute Gasteiger partial charge is 0.211 e. The van der Waals surface area contributed by atoms with Crippen LogP contribution in [0.1, 0.15) is 34.6 Å². The molecular formula is C8H15F. The Morgan fingerprint density at radius 2 is 1.44 bits per heavy atom. The van der Waals surface area contributed by atoms with Gasteiger partial charge in [0, 0.05) is 5.41 Å². The minimum atomic E-state index is -0.307. The van der Waals surface area contributed by atoms with Crippen molar-refractivity contribution in [2.75, 3.05) is 0 Å². The lowest BCUT2D eigenvalue weighted by Gasteiger charge is -2.16. The maximum absolute atomic E-state index is 12.9. The van der Waals surface area contributed by atoms with Gasteiger partial charge in [-0.3, -0.25) is 0 Å². The molecule has 0 amide bonds. The lowest BCUT2D eigenvalue weighted by Crippen LogP contribution is -2.06. The van der Waals surface area contributed by atoms with Gasteiger partial charge in [-0.05, 0) is 19.4 Å². The predicted octanol–water partition coefficient (Wildman–Crippen LogP) is 3.30. The molecule has 0 aliphatic carbocycles. The average Bonchev–Trinajstić information content (AvgIpc) is 1.62. The Hall–Kier alpha value is -0.330. The standard InChI is InChI=1S/C8H15F/c1-6(2)7(9)8(3,4)5/h1-5H3. The number of hydrogen-bond donors (Lipinski definition) is 0. The summed E-state index contributed by atoms with van der Waals surface area (Å²) >= 11 is 0. The predicted molar refractivity (Wildman–Crippen MR) is 38.9 cm³/mol. The normalized spacial score (nSPS) is 11.3. The molecule has 0 unspecified atom stereocenters. The van der Waals surface area contributed by atoms with Crippen LogP contribution in [0.15, 0.2) is 11.4 Å². The molecule has 0 fully saturated rings. The number of hydrogen-bond acceptors (Lipinski definition) is 0. The Labute approximate surface area is 56.8 Å². The fourth-order valence-corrected chi connectivity index (χ4v) is 0.750. The van der Waals surface area contributed by atoms with Crippen molar-refractivity contribution in [1.29, 1.82) is 0 Å². The van der Waals surface area contributed by atoms with Crippen LogP contribution in [0.2, 0.25) is 0 Å². The van der Waals surface area contributed by atoms with Gasteiger partial charge in [-0.2, -0.15) is 0 Å². The molecule has 0 bridgehead atoms. The van der Waals surface area contributed by atoms with Crippen molar-refractivity contribution in [2.24, 2.45) is 5.41 Å². The van der Waals surface area contributed by atoms with E-state index >= 15 is 0 Å². The lowest BCUT2D eigenvalue weighted by molar-refractivity contribution is 0.376. The molecule has 0 atom stereocenters. The van der Waals surface area contributed by atoms with Gasteiger partial charge in [-0.25, -0.2) is 4.39 Å². The molecule has 0 radical (unpaired) electrons. The Kier molecular flexibility index (Phi) is 2.41. The van der Waals surface area contributed by atoms with E-state index in [4.69, 9.17) is 0 Å². The second-order valence-corrected chi connectivity index (χ2v) is 3.56. The molecule has 0 aliphatic rings. The zero-order valence-electron chi connectivity index (χ0n) is 6.88. The van der Waals surface area contributed by atoms with E-state index in [0.29, 0.717) is 0 Å². The van der Waals surface area contributed by atoms with Gasteiger partial charge in [0.25, 0.3) is 0 Å². The van der Waals surface area contributed by atoms with Crippen molar-refractivity contribution < 1.29 is 4.39 Å². The van der Waals surface area contributed by atoms with Gasteiger partial charge < -0.3 is 0 Å². The van der Waals surface area contributed by atoms with Gasteiger partial charge in [0.05, 0.1) is 0 Å². The van der Waals surface area contributed by atoms with Crippen LogP contribution in [0.5, 0.6) is 0 Å². The summed E-state index contributed by atoms with van der Waals surface area (Å²) in [7, 11) is 0. The Morgan fingerprint density at radius 1 is 1.11 bits per heavy atom. The lowest BCUT2D eigenvalue weighted by atomic mass is 9.92. The molecule has 0 aromatic heterocycles. The van der Waals surface area contributed by atoms with Gasteiger partial charge in [0.15, 0.2) is 0 Å². The number of rotatable bonds is 0. The maximum atomic E-state index is 12.9. The Morgan fingerprint density at radius 3 is 1.44 bits per heavy atom. The fourth-order valence-electron chi connectivity index (χ4n) is 0.750. The van der Waals surface area contributed by atoms with Gasteiger partial charge in [0.2, 0.25) is 0 Å². The minimum Gasteiger partial charge on any atom is -0.211 e. The highest BCUT2D eigenvalue weighted by Gasteiger charge is 2.17. The first-order valence-electron chi connectivity index (χ1n) is 3.19. The molecule has 9 heavy (non-hydrogen) atoms. The summed E-state index contributed by atoms with van der Waals surface area (Å²) in [5, 5.41) is 0. The molecule has 0 saturated heterocycles. The second-order valence-electron chi connectivity index (χ2n) is 3.56. The molecular weight excluding hydrogens is 115 g/mol. The van der Waals surface area contributed by atoms with Crippen LogP contribution in [0.25, 0.3) is 0 Å². The van der Waals surface area contributed by atoms with Crippen molar-refractivity contribution in [3.05, 3.63) is 11.4 Å². The topological polar surface area (TPSA) is 0 Å². The van der Waals surface area contributed by atoms with E-state index in [0.717, 1.165) is 5.57 Å². The van der Waals surface area contributed by atoms with Crippen LogP contribution in [0.4, 0.5) is 4.39 Å². The van der Waals surface area contributed by atoms with E-state index in [-0.39, 0.29) is 11.2 Å². The van der Waals surface area contributed by atoms with Crippen molar-refractivity contribution >= 4 is 0 Å². The quantitative estimate of drug-likeness (QED) is 0.472. The van der Waals surface area contributed by atoms with E-state index in [2.05, 4.69) is 0 Å². The summed E-state index contributed by atoms with van der Waals surface area (Å²) < 4.78 is 12.9. The zero-order valence-corrected chi connectivity index (χ0v) is 6.88. The highest BCUT2D eigenvalue weighted by molar-refractivity contribution is 5.08. The van der Waals surface area contributed by atoms with Crippen LogP contribution in [0, 0.1) is 5.41 Å². The number of halogens is 1. The number of allylic oxidation sites excluding steroid dienone is 2. The summed E-state index contributed by atoms with van der Waals surface area (Å²) in [5.74, 6) is 0.00231. The summed E-state index contributed by atoms with van der Waals surface area (Å²) in [4.78, 5) is 0. The zero-order chi connectivity index (χ0) is 7.65. The molecule has 54 valence electrons. The van der Waals surface area contributed by atoms with E-state index in [1.54, 1.807) is 13.8 Å². The van der Waals surface area contributed by atoms with E-state index in [1.807, 2.05) is 20.8 Å². The van der Waals surface area contributed by atoms with Gasteiger partial charge >= 0.3 is 0 Å². The third kappa shape index (κ3) is 2.64. The second kappa shape index (κ2) is 2.51. The van der Waals surface area contributed by atoms with E-state index in [1.165, 1.54) is 0 Å². The smallest absolute Gasteiger partial charge is 0.104 e. The van der Waals surface area contributed by atoms with Gasteiger partial charge in [0.1, 0.15) is 5.83 Å². The van der Waals surface area contributed by atoms with Crippen molar-refractivity contribution in [2.45, 2.75) is 34.6 Å². The molecule has 0 nitrogen and oxygen atoms in total. The molecule has 0 heterocycles. The summed E-state index contributed by atoms with van der Waals surface area (Å²) in [6.07, 6.45) is 0. The highest BCUT2D eigenvalue weighted by atomic mass is 19.1. The first-order valence-corrected chi connectivity index (χ1v) is 3.19. The monoisotopic (exact) mass is 130 g/mol. The van der Waals surface area contributed by atoms with E-state index < -0.39 is 0 Å². The minimum absolute atomic E-state index is 0.00231. The maximum Gasteiger partial charge on any atom is 0.104 e. The molecule has 0 rings (SSSR count). The van der Waals surface area contributed by atoms with Gasteiger partial charge in [-0.15, -0.1) is 0 Å². The SMILES string of the molecule is CC(C)=C(F)C(C)(C)C. The fraction of sp³-hybridized carbons (Fsp3) is 0.750. The molecule has 0 spiro atoms. The average molecular weight is 130 g/mol. The molecule has 0 N–H and O–H groups in total. The van der Waals surface area contributed by atoms with Crippen LogP contribution in [-0.2, 0) is 0 Å². The van der Waals surface area contributed by atoms with Crippen LogP contribution in [-0.4, -0.2) is 0 Å². The van der Waals surface area contributed by atoms with Gasteiger partial charge in [-0.1, -0.05) is 20.8 Å². The molecule has 0 aliphatic heterocycles. The van der Waals surface area contributed by atoms with Crippen molar-refractivity contribution in [3.8, 4) is 0 Å². The summed E-state index contributed by atoms with van der Waals surface area (Å²) in [6, 6.07) is 0. The van der Waals surface area contributed by atoms with Crippen molar-refractivity contribution in [1.82, 2.24) is 0 Å². The summed E-state index contributed by atoms with van der Waals surface area (Å²) in [6.45, 7) is 9.20. The van der Waals surface area contributed by atoms with E-state index in [9.17, 15) is 4.39 Å². The molecule has 1 heteroatoms. The first-order chi connectivity index (χ1) is 3.85. The third-order valence-electron chi connectivity index (χ3n) is 1.10. The molecule has 0 aromatic carbocycles.